The summed E-state index contributed by atoms with van der Waals surface area (Å²) < 4.78 is 0. The fraction of sp³-hybridized carbons (Fsp3) is 0.400. The van der Waals surface area contributed by atoms with E-state index in [4.69, 9.17) is 5.73 Å². The molecular formula is C10H15NOS. The van der Waals surface area contributed by atoms with Gasteiger partial charge >= 0.3 is 0 Å². The number of aliphatic hydroxyl groups excluding tert-OH is 1. The van der Waals surface area contributed by atoms with Crippen LogP contribution in [0.3, 0.4) is 0 Å². The van der Waals surface area contributed by atoms with Crippen molar-refractivity contribution in [2.24, 2.45) is 0 Å². The van der Waals surface area contributed by atoms with Gasteiger partial charge in [0.1, 0.15) is 0 Å². The Morgan fingerprint density at radius 1 is 1.38 bits per heavy atom. The lowest BCUT2D eigenvalue weighted by Crippen LogP contribution is -2.06. The number of thioether (sulfide) groups is 1. The van der Waals surface area contributed by atoms with E-state index in [2.05, 4.69) is 0 Å². The van der Waals surface area contributed by atoms with E-state index >= 15 is 0 Å². The van der Waals surface area contributed by atoms with Crippen LogP contribution in [0, 0.1) is 0 Å². The van der Waals surface area contributed by atoms with E-state index in [1.54, 1.807) is 11.8 Å². The molecule has 72 valence electrons. The molecule has 1 atom stereocenters. The zero-order valence-electron chi connectivity index (χ0n) is 7.73. The number of benzene rings is 1. The lowest BCUT2D eigenvalue weighted by molar-refractivity contribution is 0.195. The monoisotopic (exact) mass is 197 g/mol. The molecule has 0 radical (unpaired) electrons. The Balaban J connectivity index is 2.41. The third-order valence-electron chi connectivity index (χ3n) is 1.79. The second kappa shape index (κ2) is 5.14. The first-order valence-electron chi connectivity index (χ1n) is 4.38. The Bertz CT molecular complexity index is 248. The fourth-order valence-electron chi connectivity index (χ4n) is 0.874. The van der Waals surface area contributed by atoms with Gasteiger partial charge in [-0.1, -0.05) is 6.92 Å². The van der Waals surface area contributed by atoms with Gasteiger partial charge in [-0.2, -0.15) is 0 Å². The molecule has 1 rings (SSSR count). The molecule has 0 aromatic heterocycles. The van der Waals surface area contributed by atoms with Crippen molar-refractivity contribution in [2.75, 3.05) is 11.5 Å². The zero-order valence-corrected chi connectivity index (χ0v) is 8.55. The fourth-order valence-corrected chi connectivity index (χ4v) is 1.82. The quantitative estimate of drug-likeness (QED) is 0.574. The van der Waals surface area contributed by atoms with Gasteiger partial charge in [0.25, 0.3) is 0 Å². The minimum absolute atomic E-state index is 0.206. The number of rotatable bonds is 4. The molecular weight excluding hydrogens is 182 g/mol. The smallest absolute Gasteiger partial charge is 0.0631 e. The van der Waals surface area contributed by atoms with Crippen molar-refractivity contribution in [3.63, 3.8) is 0 Å². The first-order valence-corrected chi connectivity index (χ1v) is 5.37. The number of hydrogen-bond donors (Lipinski definition) is 2. The Kier molecular flexibility index (Phi) is 4.12. The summed E-state index contributed by atoms with van der Waals surface area (Å²) in [6.07, 6.45) is 0.602. The number of nitrogen functional groups attached to an aromatic ring is 1. The van der Waals surface area contributed by atoms with Crippen LogP contribution in [0.5, 0.6) is 0 Å². The van der Waals surface area contributed by atoms with E-state index in [0.717, 1.165) is 22.8 Å². The molecule has 13 heavy (non-hydrogen) atoms. The van der Waals surface area contributed by atoms with Crippen molar-refractivity contribution in [1.82, 2.24) is 0 Å². The molecule has 0 aliphatic carbocycles. The molecule has 0 saturated heterocycles. The second-order valence-electron chi connectivity index (χ2n) is 2.94. The summed E-state index contributed by atoms with van der Waals surface area (Å²) in [5.41, 5.74) is 6.33. The predicted octanol–water partition coefficient (Wildman–Crippen LogP) is 2.13. The Labute approximate surface area is 83.1 Å². The van der Waals surface area contributed by atoms with E-state index in [9.17, 15) is 5.11 Å². The van der Waals surface area contributed by atoms with Crippen LogP contribution in [0.15, 0.2) is 29.2 Å². The SMILES string of the molecule is CCC(O)CSc1ccc(N)cc1. The summed E-state index contributed by atoms with van der Waals surface area (Å²) in [7, 11) is 0. The van der Waals surface area contributed by atoms with E-state index in [-0.39, 0.29) is 6.10 Å². The van der Waals surface area contributed by atoms with Crippen molar-refractivity contribution in [3.05, 3.63) is 24.3 Å². The van der Waals surface area contributed by atoms with Gasteiger partial charge in [-0.15, -0.1) is 11.8 Å². The van der Waals surface area contributed by atoms with Crippen molar-refractivity contribution >= 4 is 17.4 Å². The van der Waals surface area contributed by atoms with Crippen LogP contribution in [0.2, 0.25) is 0 Å². The molecule has 0 spiro atoms. The first-order chi connectivity index (χ1) is 6.22. The van der Waals surface area contributed by atoms with Crippen LogP contribution in [0.1, 0.15) is 13.3 Å². The molecule has 0 amide bonds. The number of anilines is 1. The van der Waals surface area contributed by atoms with Crippen molar-refractivity contribution in [2.45, 2.75) is 24.3 Å². The van der Waals surface area contributed by atoms with Gasteiger partial charge in [0.2, 0.25) is 0 Å². The van der Waals surface area contributed by atoms with Gasteiger partial charge in [0.15, 0.2) is 0 Å². The van der Waals surface area contributed by atoms with E-state index in [0.29, 0.717) is 0 Å². The van der Waals surface area contributed by atoms with Gasteiger partial charge in [-0.25, -0.2) is 0 Å². The molecule has 0 saturated carbocycles. The third kappa shape index (κ3) is 3.70. The zero-order chi connectivity index (χ0) is 9.68. The molecule has 0 bridgehead atoms. The molecule has 0 aliphatic rings. The molecule has 3 N–H and O–H groups in total. The van der Waals surface area contributed by atoms with Gasteiger partial charge < -0.3 is 10.8 Å². The highest BCUT2D eigenvalue weighted by atomic mass is 32.2. The summed E-state index contributed by atoms with van der Waals surface area (Å²) in [4.78, 5) is 1.15. The first kappa shape index (κ1) is 10.4. The van der Waals surface area contributed by atoms with Gasteiger partial charge in [0.05, 0.1) is 6.10 Å². The second-order valence-corrected chi connectivity index (χ2v) is 4.04. The number of aliphatic hydroxyl groups is 1. The normalized spacial score (nSPS) is 12.8. The molecule has 3 heteroatoms. The van der Waals surface area contributed by atoms with Gasteiger partial charge in [-0.3, -0.25) is 0 Å². The van der Waals surface area contributed by atoms with Crippen molar-refractivity contribution < 1.29 is 5.11 Å². The summed E-state index contributed by atoms with van der Waals surface area (Å²) in [6, 6.07) is 7.70. The highest BCUT2D eigenvalue weighted by Gasteiger charge is 2.01. The van der Waals surface area contributed by atoms with Crippen LogP contribution >= 0.6 is 11.8 Å². The molecule has 2 nitrogen and oxygen atoms in total. The average Bonchev–Trinajstić information content (AvgIpc) is 2.16. The molecule has 1 aromatic rings. The van der Waals surface area contributed by atoms with E-state index in [1.807, 2.05) is 31.2 Å². The van der Waals surface area contributed by atoms with Crippen LogP contribution < -0.4 is 5.73 Å². The molecule has 1 unspecified atom stereocenters. The van der Waals surface area contributed by atoms with Crippen LogP contribution in [0.4, 0.5) is 5.69 Å². The lowest BCUT2D eigenvalue weighted by atomic mass is 10.3. The molecule has 0 heterocycles. The summed E-state index contributed by atoms with van der Waals surface area (Å²) in [5.74, 6) is 0.750. The third-order valence-corrected chi connectivity index (χ3v) is 2.95. The summed E-state index contributed by atoms with van der Waals surface area (Å²) in [5, 5.41) is 9.33. The van der Waals surface area contributed by atoms with Crippen LogP contribution in [-0.2, 0) is 0 Å². The van der Waals surface area contributed by atoms with Crippen LogP contribution in [0.25, 0.3) is 0 Å². The minimum Gasteiger partial charge on any atom is -0.399 e. The molecule has 0 fully saturated rings. The predicted molar refractivity (Wildman–Crippen MR) is 57.9 cm³/mol. The largest absolute Gasteiger partial charge is 0.399 e. The maximum atomic E-state index is 9.33. The average molecular weight is 197 g/mol. The standard InChI is InChI=1S/C10H15NOS/c1-2-9(12)7-13-10-5-3-8(11)4-6-10/h3-6,9,12H,2,7,11H2,1H3. The van der Waals surface area contributed by atoms with Crippen molar-refractivity contribution in [3.8, 4) is 0 Å². The maximum Gasteiger partial charge on any atom is 0.0631 e. The highest BCUT2D eigenvalue weighted by Crippen LogP contribution is 2.20. The molecule has 1 aromatic carbocycles. The number of hydrogen-bond acceptors (Lipinski definition) is 3. The van der Waals surface area contributed by atoms with Gasteiger partial charge in [-0.05, 0) is 30.7 Å². The van der Waals surface area contributed by atoms with Gasteiger partial charge in [0, 0.05) is 16.3 Å². The number of nitrogens with two attached hydrogens (primary N) is 1. The molecule has 0 aliphatic heterocycles. The minimum atomic E-state index is -0.206. The summed E-state index contributed by atoms with van der Waals surface area (Å²) >= 11 is 1.66. The Morgan fingerprint density at radius 3 is 2.54 bits per heavy atom. The van der Waals surface area contributed by atoms with Crippen molar-refractivity contribution in [1.29, 1.82) is 0 Å². The maximum absolute atomic E-state index is 9.33. The van der Waals surface area contributed by atoms with E-state index < -0.39 is 0 Å². The van der Waals surface area contributed by atoms with Crippen LogP contribution in [-0.4, -0.2) is 17.0 Å². The summed E-state index contributed by atoms with van der Waals surface area (Å²) in [6.45, 7) is 1.98. The Hall–Kier alpha value is -0.670. The highest BCUT2D eigenvalue weighted by molar-refractivity contribution is 7.99. The topological polar surface area (TPSA) is 46.2 Å². The Morgan fingerprint density at radius 2 is 2.00 bits per heavy atom. The van der Waals surface area contributed by atoms with E-state index in [1.165, 1.54) is 0 Å². The lowest BCUT2D eigenvalue weighted by Gasteiger charge is -2.06.